The van der Waals surface area contributed by atoms with Gasteiger partial charge < -0.3 is 14.7 Å². The third-order valence-corrected chi connectivity index (χ3v) is 2.57. The average molecular weight is 237 g/mol. The molecule has 1 rings (SSSR count). The molecule has 4 heteroatoms. The van der Waals surface area contributed by atoms with Crippen molar-refractivity contribution in [1.29, 1.82) is 0 Å². The molecule has 0 heterocycles. The summed E-state index contributed by atoms with van der Waals surface area (Å²) in [5, 5.41) is 9.19. The molecule has 1 aromatic rings. The first kappa shape index (κ1) is 13.5. The topological polar surface area (TPSA) is 49.8 Å². The van der Waals surface area contributed by atoms with Gasteiger partial charge in [0.15, 0.2) is 0 Å². The Morgan fingerprint density at radius 3 is 2.71 bits per heavy atom. The summed E-state index contributed by atoms with van der Waals surface area (Å²) in [7, 11) is 3.26. The van der Waals surface area contributed by atoms with Crippen LogP contribution in [0.2, 0.25) is 0 Å². The van der Waals surface area contributed by atoms with Crippen molar-refractivity contribution in [3.8, 4) is 5.75 Å². The Kier molecular flexibility index (Phi) is 4.97. The number of ether oxygens (including phenoxy) is 1. The number of methoxy groups -OCH3 is 1. The minimum Gasteiger partial charge on any atom is -0.496 e. The molecule has 0 fully saturated rings. The normalized spacial score (nSPS) is 12.0. The van der Waals surface area contributed by atoms with Crippen LogP contribution in [0, 0.1) is 0 Å². The fourth-order valence-electron chi connectivity index (χ4n) is 1.51. The van der Waals surface area contributed by atoms with E-state index in [2.05, 4.69) is 0 Å². The minimum absolute atomic E-state index is 0.0944. The maximum atomic E-state index is 12.1. The molecule has 0 saturated carbocycles. The van der Waals surface area contributed by atoms with Gasteiger partial charge in [0.05, 0.1) is 18.8 Å². The van der Waals surface area contributed by atoms with Crippen LogP contribution in [0.15, 0.2) is 24.3 Å². The molecule has 1 aromatic carbocycles. The number of rotatable bonds is 5. The highest BCUT2D eigenvalue weighted by atomic mass is 16.5. The highest BCUT2D eigenvalue weighted by molar-refractivity contribution is 5.96. The van der Waals surface area contributed by atoms with E-state index in [1.807, 2.05) is 6.07 Å². The monoisotopic (exact) mass is 237 g/mol. The number of hydrogen-bond acceptors (Lipinski definition) is 3. The van der Waals surface area contributed by atoms with Crippen molar-refractivity contribution in [3.63, 3.8) is 0 Å². The third kappa shape index (κ3) is 3.75. The second-order valence-electron chi connectivity index (χ2n) is 4.06. The van der Waals surface area contributed by atoms with Crippen LogP contribution < -0.4 is 4.74 Å². The number of para-hydroxylation sites is 1. The summed E-state index contributed by atoms with van der Waals surface area (Å²) in [5.41, 5.74) is 0.545. The smallest absolute Gasteiger partial charge is 0.257 e. The zero-order chi connectivity index (χ0) is 12.8. The Balaban J connectivity index is 2.74. The first-order chi connectivity index (χ1) is 8.06. The second kappa shape index (κ2) is 6.25. The summed E-state index contributed by atoms with van der Waals surface area (Å²) in [6, 6.07) is 7.12. The predicted molar refractivity (Wildman–Crippen MR) is 66.3 cm³/mol. The Morgan fingerprint density at radius 2 is 2.12 bits per heavy atom. The predicted octanol–water partition coefficient (Wildman–Crippen LogP) is 1.54. The summed E-state index contributed by atoms with van der Waals surface area (Å²) in [4.78, 5) is 13.7. The zero-order valence-corrected chi connectivity index (χ0v) is 10.5. The van der Waals surface area contributed by atoms with E-state index in [4.69, 9.17) is 4.74 Å². The van der Waals surface area contributed by atoms with Gasteiger partial charge in [0.1, 0.15) is 5.75 Å². The van der Waals surface area contributed by atoms with Crippen LogP contribution >= 0.6 is 0 Å². The number of carbonyl (C=O) groups excluding carboxylic acids is 1. The molecular formula is C13H19NO3. The van der Waals surface area contributed by atoms with Crippen LogP contribution in [0.4, 0.5) is 0 Å². The molecule has 0 aliphatic rings. The fourth-order valence-corrected chi connectivity index (χ4v) is 1.51. The number of hydrogen-bond donors (Lipinski definition) is 1. The second-order valence-corrected chi connectivity index (χ2v) is 4.06. The number of nitrogens with zero attached hydrogens (tertiary/aromatic N) is 1. The van der Waals surface area contributed by atoms with Gasteiger partial charge in [-0.15, -0.1) is 0 Å². The summed E-state index contributed by atoms with van der Waals surface area (Å²) >= 11 is 0. The fraction of sp³-hybridized carbons (Fsp3) is 0.462. The van der Waals surface area contributed by atoms with Gasteiger partial charge in [-0.2, -0.15) is 0 Å². The van der Waals surface area contributed by atoms with E-state index in [1.54, 1.807) is 44.2 Å². The van der Waals surface area contributed by atoms with Crippen LogP contribution in [0.25, 0.3) is 0 Å². The van der Waals surface area contributed by atoms with E-state index in [9.17, 15) is 9.90 Å². The van der Waals surface area contributed by atoms with Crippen LogP contribution in [-0.2, 0) is 0 Å². The van der Waals surface area contributed by atoms with Crippen molar-refractivity contribution in [3.05, 3.63) is 29.8 Å². The SMILES string of the molecule is COc1ccccc1C(=O)N(C)CCC(C)O. The van der Waals surface area contributed by atoms with Crippen LogP contribution in [0.5, 0.6) is 5.75 Å². The Hall–Kier alpha value is -1.55. The van der Waals surface area contributed by atoms with E-state index in [0.29, 0.717) is 24.3 Å². The molecule has 94 valence electrons. The molecule has 4 nitrogen and oxygen atoms in total. The van der Waals surface area contributed by atoms with Crippen LogP contribution in [0.1, 0.15) is 23.7 Å². The zero-order valence-electron chi connectivity index (χ0n) is 10.5. The summed E-state index contributed by atoms with van der Waals surface area (Å²) in [6.45, 7) is 2.23. The molecule has 0 saturated heterocycles. The molecule has 1 N–H and O–H groups in total. The molecule has 0 spiro atoms. The van der Waals surface area contributed by atoms with Gasteiger partial charge in [0, 0.05) is 13.6 Å². The summed E-state index contributed by atoms with van der Waals surface area (Å²) < 4.78 is 5.15. The number of carbonyl (C=O) groups is 1. The van der Waals surface area contributed by atoms with E-state index >= 15 is 0 Å². The maximum absolute atomic E-state index is 12.1. The van der Waals surface area contributed by atoms with Crippen LogP contribution in [0.3, 0.4) is 0 Å². The lowest BCUT2D eigenvalue weighted by molar-refractivity contribution is 0.0765. The Morgan fingerprint density at radius 1 is 1.47 bits per heavy atom. The lowest BCUT2D eigenvalue weighted by Gasteiger charge is -2.19. The number of aliphatic hydroxyl groups is 1. The highest BCUT2D eigenvalue weighted by Crippen LogP contribution is 2.18. The van der Waals surface area contributed by atoms with Gasteiger partial charge in [0.25, 0.3) is 5.91 Å². The van der Waals surface area contributed by atoms with Gasteiger partial charge >= 0.3 is 0 Å². The Bertz CT molecular complexity index is 377. The highest BCUT2D eigenvalue weighted by Gasteiger charge is 2.15. The van der Waals surface area contributed by atoms with Crippen molar-refractivity contribution in [2.24, 2.45) is 0 Å². The van der Waals surface area contributed by atoms with E-state index in [1.165, 1.54) is 0 Å². The lowest BCUT2D eigenvalue weighted by atomic mass is 10.1. The number of benzene rings is 1. The lowest BCUT2D eigenvalue weighted by Crippen LogP contribution is -2.29. The van der Waals surface area contributed by atoms with E-state index in [0.717, 1.165) is 0 Å². The molecule has 1 amide bonds. The molecule has 0 aliphatic carbocycles. The molecule has 0 radical (unpaired) electrons. The molecule has 0 aromatic heterocycles. The summed E-state index contributed by atoms with van der Waals surface area (Å²) in [5.74, 6) is 0.476. The van der Waals surface area contributed by atoms with Gasteiger partial charge in [-0.25, -0.2) is 0 Å². The molecular weight excluding hydrogens is 218 g/mol. The van der Waals surface area contributed by atoms with Gasteiger partial charge in [0.2, 0.25) is 0 Å². The van der Waals surface area contributed by atoms with E-state index in [-0.39, 0.29) is 5.91 Å². The molecule has 17 heavy (non-hydrogen) atoms. The Labute approximate surface area is 102 Å². The number of aliphatic hydroxyl groups excluding tert-OH is 1. The van der Waals surface area contributed by atoms with E-state index < -0.39 is 6.10 Å². The van der Waals surface area contributed by atoms with Crippen molar-refractivity contribution in [1.82, 2.24) is 4.90 Å². The van der Waals surface area contributed by atoms with Crippen molar-refractivity contribution < 1.29 is 14.6 Å². The molecule has 1 atom stereocenters. The van der Waals surface area contributed by atoms with Crippen molar-refractivity contribution in [2.75, 3.05) is 20.7 Å². The minimum atomic E-state index is -0.400. The van der Waals surface area contributed by atoms with Gasteiger partial charge in [-0.3, -0.25) is 4.79 Å². The average Bonchev–Trinajstić information content (AvgIpc) is 2.34. The first-order valence-corrected chi connectivity index (χ1v) is 5.62. The quantitative estimate of drug-likeness (QED) is 0.845. The molecule has 1 unspecified atom stereocenters. The van der Waals surface area contributed by atoms with Crippen molar-refractivity contribution >= 4 is 5.91 Å². The molecule has 0 aliphatic heterocycles. The molecule has 0 bridgehead atoms. The number of amides is 1. The standard InChI is InChI=1S/C13H19NO3/c1-10(15)8-9-14(2)13(16)11-6-4-5-7-12(11)17-3/h4-7,10,15H,8-9H2,1-3H3. The van der Waals surface area contributed by atoms with Crippen LogP contribution in [-0.4, -0.2) is 42.7 Å². The maximum Gasteiger partial charge on any atom is 0.257 e. The summed E-state index contributed by atoms with van der Waals surface area (Å²) in [6.07, 6.45) is 0.167. The van der Waals surface area contributed by atoms with Gasteiger partial charge in [-0.05, 0) is 25.5 Å². The third-order valence-electron chi connectivity index (χ3n) is 2.57. The first-order valence-electron chi connectivity index (χ1n) is 5.62. The van der Waals surface area contributed by atoms with Crippen molar-refractivity contribution in [2.45, 2.75) is 19.4 Å². The van der Waals surface area contributed by atoms with Gasteiger partial charge in [-0.1, -0.05) is 12.1 Å². The largest absolute Gasteiger partial charge is 0.496 e.